The Labute approximate surface area is 204 Å². The number of amides is 1. The molecule has 1 heterocycles. The fraction of sp³-hybridized carbons (Fsp3) is 0.259. The van der Waals surface area contributed by atoms with Crippen LogP contribution in [0.25, 0.3) is 0 Å². The number of ether oxygens (including phenoxy) is 1. The molecule has 2 aromatic carbocycles. The monoisotopic (exact) mass is 475 g/mol. The molecule has 3 aromatic rings. The fourth-order valence-corrected chi connectivity index (χ4v) is 3.73. The molecule has 0 fully saturated rings. The molecule has 0 radical (unpaired) electrons. The van der Waals surface area contributed by atoms with E-state index in [1.54, 1.807) is 19.9 Å². The number of hydrogen-bond donors (Lipinski definition) is 1. The number of nitriles is 1. The second kappa shape index (κ2) is 11.0. The SMILES string of the molecule is C[C@H](NC(=O)C(C)(C)OC(=O)c1ccncc1)[C@@H](Cc1ccc(Cl)cc1)c1cccc(C#N)c1. The molecule has 2 atom stereocenters. The van der Waals surface area contributed by atoms with Crippen molar-refractivity contribution >= 4 is 23.5 Å². The van der Waals surface area contributed by atoms with Crippen molar-refractivity contribution in [3.8, 4) is 6.07 Å². The summed E-state index contributed by atoms with van der Waals surface area (Å²) in [5.41, 5.74) is 1.43. The van der Waals surface area contributed by atoms with Crippen molar-refractivity contribution in [1.29, 1.82) is 5.26 Å². The van der Waals surface area contributed by atoms with Crippen LogP contribution in [0.4, 0.5) is 0 Å². The number of benzene rings is 2. The van der Waals surface area contributed by atoms with Gasteiger partial charge in [0, 0.05) is 29.4 Å². The van der Waals surface area contributed by atoms with Crippen LogP contribution in [0.15, 0.2) is 73.1 Å². The van der Waals surface area contributed by atoms with E-state index in [-0.39, 0.29) is 12.0 Å². The summed E-state index contributed by atoms with van der Waals surface area (Å²) in [7, 11) is 0. The normalized spacial score (nSPS) is 12.8. The van der Waals surface area contributed by atoms with E-state index in [4.69, 9.17) is 16.3 Å². The van der Waals surface area contributed by atoms with Crippen LogP contribution in [-0.2, 0) is 16.0 Å². The van der Waals surface area contributed by atoms with E-state index < -0.39 is 17.5 Å². The lowest BCUT2D eigenvalue weighted by atomic mass is 9.85. The van der Waals surface area contributed by atoms with E-state index in [2.05, 4.69) is 16.4 Å². The van der Waals surface area contributed by atoms with Gasteiger partial charge < -0.3 is 10.1 Å². The quantitative estimate of drug-likeness (QED) is 0.459. The van der Waals surface area contributed by atoms with E-state index in [0.29, 0.717) is 22.6 Å². The number of pyridine rings is 1. The minimum atomic E-state index is -1.39. The van der Waals surface area contributed by atoms with E-state index in [1.165, 1.54) is 24.5 Å². The van der Waals surface area contributed by atoms with Crippen LogP contribution in [0.5, 0.6) is 0 Å². The molecular formula is C27H26ClN3O3. The fourth-order valence-electron chi connectivity index (χ4n) is 3.60. The Bertz CT molecular complexity index is 1190. The highest BCUT2D eigenvalue weighted by atomic mass is 35.5. The second-order valence-corrected chi connectivity index (χ2v) is 9.01. The zero-order valence-electron chi connectivity index (χ0n) is 19.3. The Hall–Kier alpha value is -3.69. The molecule has 0 saturated heterocycles. The highest BCUT2D eigenvalue weighted by Gasteiger charge is 2.34. The van der Waals surface area contributed by atoms with Crippen LogP contribution in [0.2, 0.25) is 5.02 Å². The molecule has 1 aromatic heterocycles. The topological polar surface area (TPSA) is 92.1 Å². The molecule has 0 unspecified atom stereocenters. The summed E-state index contributed by atoms with van der Waals surface area (Å²) in [5.74, 6) is -1.15. The third-order valence-corrected chi connectivity index (χ3v) is 5.84. The molecule has 0 bridgehead atoms. The molecule has 1 N–H and O–H groups in total. The van der Waals surface area contributed by atoms with Crippen molar-refractivity contribution in [3.05, 3.63) is 100 Å². The van der Waals surface area contributed by atoms with Gasteiger partial charge in [0.15, 0.2) is 5.60 Å². The van der Waals surface area contributed by atoms with Gasteiger partial charge in [0.05, 0.1) is 17.2 Å². The summed E-state index contributed by atoms with van der Waals surface area (Å²) in [4.78, 5) is 29.5. The van der Waals surface area contributed by atoms with Crippen LogP contribution in [0, 0.1) is 11.3 Å². The van der Waals surface area contributed by atoms with Gasteiger partial charge in [-0.05, 0) is 74.7 Å². The lowest BCUT2D eigenvalue weighted by Gasteiger charge is -2.30. The van der Waals surface area contributed by atoms with Crippen LogP contribution in [-0.4, -0.2) is 28.5 Å². The van der Waals surface area contributed by atoms with Crippen LogP contribution in [0.1, 0.15) is 53.7 Å². The average Bonchev–Trinajstić information content (AvgIpc) is 2.83. The molecule has 174 valence electrons. The zero-order chi connectivity index (χ0) is 24.7. The lowest BCUT2D eigenvalue weighted by molar-refractivity contribution is -0.138. The van der Waals surface area contributed by atoms with Crippen molar-refractivity contribution in [2.45, 2.75) is 44.8 Å². The number of esters is 1. The molecule has 0 saturated carbocycles. The first-order valence-corrected chi connectivity index (χ1v) is 11.3. The van der Waals surface area contributed by atoms with Gasteiger partial charge in [0.25, 0.3) is 5.91 Å². The van der Waals surface area contributed by atoms with Crippen molar-refractivity contribution in [3.63, 3.8) is 0 Å². The first-order valence-electron chi connectivity index (χ1n) is 10.9. The Balaban J connectivity index is 1.80. The van der Waals surface area contributed by atoms with Crippen LogP contribution >= 0.6 is 11.6 Å². The van der Waals surface area contributed by atoms with E-state index >= 15 is 0 Å². The molecule has 0 aliphatic heterocycles. The highest BCUT2D eigenvalue weighted by Crippen LogP contribution is 2.27. The second-order valence-electron chi connectivity index (χ2n) is 8.57. The molecule has 1 amide bonds. The van der Waals surface area contributed by atoms with Gasteiger partial charge in [-0.2, -0.15) is 5.26 Å². The first-order chi connectivity index (χ1) is 16.2. The maximum Gasteiger partial charge on any atom is 0.339 e. The molecule has 0 aliphatic rings. The van der Waals surface area contributed by atoms with E-state index in [0.717, 1.165) is 11.1 Å². The number of rotatable bonds is 8. The molecule has 3 rings (SSSR count). The maximum atomic E-state index is 13.1. The first kappa shape index (κ1) is 24.9. The van der Waals surface area contributed by atoms with Gasteiger partial charge in [-0.1, -0.05) is 35.9 Å². The number of hydrogen-bond acceptors (Lipinski definition) is 5. The predicted molar refractivity (Wildman–Crippen MR) is 130 cm³/mol. The van der Waals surface area contributed by atoms with Crippen LogP contribution in [0.3, 0.4) is 0 Å². The summed E-state index contributed by atoms with van der Waals surface area (Å²) in [5, 5.41) is 13.0. The van der Waals surface area contributed by atoms with E-state index in [9.17, 15) is 14.9 Å². The molecule has 6 nitrogen and oxygen atoms in total. The van der Waals surface area contributed by atoms with Gasteiger partial charge in [-0.3, -0.25) is 9.78 Å². The molecule has 0 aliphatic carbocycles. The third-order valence-electron chi connectivity index (χ3n) is 5.59. The van der Waals surface area contributed by atoms with Gasteiger partial charge in [-0.25, -0.2) is 4.79 Å². The third kappa shape index (κ3) is 6.43. The maximum absolute atomic E-state index is 13.1. The van der Waals surface area contributed by atoms with Gasteiger partial charge in [0.1, 0.15) is 0 Å². The van der Waals surface area contributed by atoms with Crippen LogP contribution < -0.4 is 5.32 Å². The summed E-state index contributed by atoms with van der Waals surface area (Å²) in [6.45, 7) is 5.01. The summed E-state index contributed by atoms with van der Waals surface area (Å²) in [6, 6.07) is 19.8. The highest BCUT2D eigenvalue weighted by molar-refractivity contribution is 6.30. The Morgan fingerprint density at radius 2 is 1.79 bits per heavy atom. The number of nitrogens with one attached hydrogen (secondary N) is 1. The van der Waals surface area contributed by atoms with Crippen molar-refractivity contribution < 1.29 is 14.3 Å². The smallest absolute Gasteiger partial charge is 0.339 e. The Kier molecular flexibility index (Phi) is 8.04. The van der Waals surface area contributed by atoms with Gasteiger partial charge in [-0.15, -0.1) is 0 Å². The molecule has 7 heteroatoms. The predicted octanol–water partition coefficient (Wildman–Crippen LogP) is 5.07. The minimum absolute atomic E-state index is 0.134. The number of carbonyl (C=O) groups excluding carboxylic acids is 2. The van der Waals surface area contributed by atoms with Crippen molar-refractivity contribution in [2.75, 3.05) is 0 Å². The zero-order valence-corrected chi connectivity index (χ0v) is 20.0. The molecule has 0 spiro atoms. The number of halogens is 1. The van der Waals surface area contributed by atoms with E-state index in [1.807, 2.05) is 49.4 Å². The van der Waals surface area contributed by atoms with Crippen molar-refractivity contribution in [1.82, 2.24) is 10.3 Å². The summed E-state index contributed by atoms with van der Waals surface area (Å²) >= 11 is 6.03. The lowest BCUT2D eigenvalue weighted by Crippen LogP contribution is -2.50. The average molecular weight is 476 g/mol. The Morgan fingerprint density at radius 3 is 2.44 bits per heavy atom. The summed E-state index contributed by atoms with van der Waals surface area (Å²) < 4.78 is 5.50. The number of aromatic nitrogens is 1. The molecule has 34 heavy (non-hydrogen) atoms. The number of carbonyl (C=O) groups is 2. The minimum Gasteiger partial charge on any atom is -0.446 e. The van der Waals surface area contributed by atoms with Gasteiger partial charge >= 0.3 is 5.97 Å². The largest absolute Gasteiger partial charge is 0.446 e. The summed E-state index contributed by atoms with van der Waals surface area (Å²) in [6.07, 6.45) is 3.59. The Morgan fingerprint density at radius 1 is 1.12 bits per heavy atom. The molecular weight excluding hydrogens is 450 g/mol. The van der Waals surface area contributed by atoms with Crippen molar-refractivity contribution in [2.24, 2.45) is 0 Å². The van der Waals surface area contributed by atoms with Gasteiger partial charge in [0.2, 0.25) is 0 Å². The number of nitrogens with zero attached hydrogens (tertiary/aromatic N) is 2. The standard InChI is InChI=1S/C27H26ClN3O3/c1-18(31-26(33)27(2,3)34-25(32)21-11-13-30-14-12-21)24(16-19-7-9-23(28)10-8-19)22-6-4-5-20(15-22)17-29/h4-15,18,24H,16H2,1-3H3,(H,31,33)/t18-,24+/m0/s1.